The first kappa shape index (κ1) is 18.4. The van der Waals surface area contributed by atoms with E-state index in [0.717, 1.165) is 16.5 Å². The van der Waals surface area contributed by atoms with Crippen molar-refractivity contribution in [3.8, 4) is 11.6 Å². The van der Waals surface area contributed by atoms with Gasteiger partial charge in [-0.25, -0.2) is 0 Å². The fraction of sp³-hybridized carbons (Fsp3) is 0.0870. The lowest BCUT2D eigenvalue weighted by Gasteiger charge is -2.06. The van der Waals surface area contributed by atoms with Gasteiger partial charge in [-0.05, 0) is 23.8 Å². The molecule has 0 fully saturated rings. The second-order valence-electron chi connectivity index (χ2n) is 6.47. The molecule has 4 rings (SSSR count). The van der Waals surface area contributed by atoms with Gasteiger partial charge in [0.1, 0.15) is 5.75 Å². The predicted molar refractivity (Wildman–Crippen MR) is 111 cm³/mol. The van der Waals surface area contributed by atoms with Gasteiger partial charge in [0, 0.05) is 5.39 Å². The highest BCUT2D eigenvalue weighted by Crippen LogP contribution is 2.39. The van der Waals surface area contributed by atoms with E-state index in [1.165, 1.54) is 7.11 Å². The molecule has 144 valence electrons. The van der Waals surface area contributed by atoms with Crippen LogP contribution < -0.4 is 4.74 Å². The average molecular weight is 385 g/mol. The lowest BCUT2D eigenvalue weighted by atomic mass is 10.2. The van der Waals surface area contributed by atoms with Crippen LogP contribution in [0.4, 0.5) is 5.69 Å². The molecule has 6 nitrogen and oxygen atoms in total. The molecule has 0 aliphatic rings. The van der Waals surface area contributed by atoms with Crippen LogP contribution in [0.5, 0.6) is 11.6 Å². The van der Waals surface area contributed by atoms with Crippen LogP contribution in [-0.4, -0.2) is 22.7 Å². The average Bonchev–Trinajstić information content (AvgIpc) is 3.03. The third kappa shape index (κ3) is 3.60. The molecule has 4 aromatic rings. The lowest BCUT2D eigenvalue weighted by Crippen LogP contribution is -1.98. The monoisotopic (exact) mass is 385 g/mol. The molecule has 6 heteroatoms. The summed E-state index contributed by atoms with van der Waals surface area (Å²) in [7, 11) is 1.49. The maximum absolute atomic E-state index is 12.5. The summed E-state index contributed by atoms with van der Waals surface area (Å²) in [5.74, 6) is -0.152. The van der Waals surface area contributed by atoms with E-state index in [0.29, 0.717) is 17.9 Å². The van der Waals surface area contributed by atoms with Gasteiger partial charge < -0.3 is 14.4 Å². The van der Waals surface area contributed by atoms with Crippen LogP contribution >= 0.6 is 0 Å². The quantitative estimate of drug-likeness (QED) is 0.472. The van der Waals surface area contributed by atoms with Crippen molar-refractivity contribution in [1.82, 2.24) is 4.57 Å². The normalized spacial score (nSPS) is 11.2. The summed E-state index contributed by atoms with van der Waals surface area (Å²) in [6, 6.07) is 24.1. The maximum atomic E-state index is 12.5. The van der Waals surface area contributed by atoms with E-state index >= 15 is 0 Å². The van der Waals surface area contributed by atoms with Crippen molar-refractivity contribution in [2.75, 3.05) is 7.11 Å². The fourth-order valence-corrected chi connectivity index (χ4v) is 3.27. The molecule has 3 aromatic carbocycles. The summed E-state index contributed by atoms with van der Waals surface area (Å²) in [4.78, 5) is 12.5. The highest BCUT2D eigenvalue weighted by atomic mass is 16.5. The predicted octanol–water partition coefficient (Wildman–Crippen LogP) is 5.33. The van der Waals surface area contributed by atoms with Gasteiger partial charge in [-0.1, -0.05) is 60.7 Å². The minimum Gasteiger partial charge on any atom is -0.496 e. The standard InChI is InChI=1S/C23H19N3O3/c1-29-20-14-8-6-12-18(20)22(27)25-24-21-17-11-5-7-13-19(17)26(23(21)28)15-16-9-3-2-4-10-16/h2-14,28H,15H2,1H3. The molecular weight excluding hydrogens is 366 g/mol. The molecule has 0 atom stereocenters. The molecule has 0 saturated heterocycles. The number of aromatic nitrogens is 1. The van der Waals surface area contributed by atoms with E-state index in [1.807, 2.05) is 54.6 Å². The molecule has 0 spiro atoms. The Bertz CT molecular complexity index is 1200. The number of benzene rings is 3. The highest BCUT2D eigenvalue weighted by molar-refractivity contribution is 5.99. The third-order valence-corrected chi connectivity index (χ3v) is 4.68. The second-order valence-corrected chi connectivity index (χ2v) is 6.47. The number of carbonyl (C=O) groups excluding carboxylic acids is 1. The number of methoxy groups -OCH3 is 1. The molecule has 0 bridgehead atoms. The number of aromatic hydroxyl groups is 1. The maximum Gasteiger partial charge on any atom is 0.299 e. The van der Waals surface area contributed by atoms with Gasteiger partial charge >= 0.3 is 0 Å². The van der Waals surface area contributed by atoms with Crippen molar-refractivity contribution in [2.45, 2.75) is 6.54 Å². The Morgan fingerprint density at radius 1 is 0.966 bits per heavy atom. The number of hydrogen-bond acceptors (Lipinski definition) is 4. The van der Waals surface area contributed by atoms with Crippen LogP contribution in [0.1, 0.15) is 15.9 Å². The van der Waals surface area contributed by atoms with Gasteiger partial charge in [0.05, 0.1) is 24.7 Å². The number of rotatable bonds is 5. The number of azo groups is 1. The zero-order valence-electron chi connectivity index (χ0n) is 15.8. The Hall–Kier alpha value is -3.93. The van der Waals surface area contributed by atoms with E-state index in [9.17, 15) is 9.90 Å². The zero-order valence-corrected chi connectivity index (χ0v) is 15.8. The van der Waals surface area contributed by atoms with E-state index in [4.69, 9.17) is 4.74 Å². The number of amides is 1. The summed E-state index contributed by atoms with van der Waals surface area (Å²) in [5.41, 5.74) is 2.43. The van der Waals surface area contributed by atoms with Crippen molar-refractivity contribution in [3.63, 3.8) is 0 Å². The van der Waals surface area contributed by atoms with Gasteiger partial charge in [0.25, 0.3) is 5.91 Å². The Balaban J connectivity index is 1.73. The van der Waals surface area contributed by atoms with E-state index < -0.39 is 5.91 Å². The van der Waals surface area contributed by atoms with Crippen molar-refractivity contribution < 1.29 is 14.6 Å². The van der Waals surface area contributed by atoms with Crippen LogP contribution in [-0.2, 0) is 6.54 Å². The Kier molecular flexibility index (Phi) is 5.07. The minimum absolute atomic E-state index is 0.0355. The van der Waals surface area contributed by atoms with Crippen molar-refractivity contribution in [1.29, 1.82) is 0 Å². The van der Waals surface area contributed by atoms with Crippen molar-refractivity contribution in [2.24, 2.45) is 10.2 Å². The molecule has 0 radical (unpaired) electrons. The number of fused-ring (bicyclic) bond motifs is 1. The van der Waals surface area contributed by atoms with Gasteiger partial charge in [-0.3, -0.25) is 4.79 Å². The number of hydrogen-bond donors (Lipinski definition) is 1. The Labute approximate surface area is 167 Å². The summed E-state index contributed by atoms with van der Waals surface area (Å²) >= 11 is 0. The van der Waals surface area contributed by atoms with Crippen LogP contribution in [0.2, 0.25) is 0 Å². The van der Waals surface area contributed by atoms with Crippen LogP contribution in [0.25, 0.3) is 10.9 Å². The first-order chi connectivity index (χ1) is 14.2. The number of carbonyl (C=O) groups is 1. The SMILES string of the molecule is COc1ccccc1C(=O)N=Nc1c(O)n(Cc2ccccc2)c2ccccc12. The van der Waals surface area contributed by atoms with E-state index in [2.05, 4.69) is 10.2 Å². The molecule has 0 aliphatic heterocycles. The highest BCUT2D eigenvalue weighted by Gasteiger charge is 2.18. The third-order valence-electron chi connectivity index (χ3n) is 4.68. The molecule has 1 amide bonds. The lowest BCUT2D eigenvalue weighted by molar-refractivity contribution is 0.0992. The Morgan fingerprint density at radius 3 is 2.45 bits per heavy atom. The fourth-order valence-electron chi connectivity index (χ4n) is 3.27. The van der Waals surface area contributed by atoms with Gasteiger partial charge in [0.2, 0.25) is 5.88 Å². The van der Waals surface area contributed by atoms with Gasteiger partial charge in [0.15, 0.2) is 5.69 Å². The summed E-state index contributed by atoms with van der Waals surface area (Å²) in [6.45, 7) is 0.475. The summed E-state index contributed by atoms with van der Waals surface area (Å²) in [6.07, 6.45) is 0. The smallest absolute Gasteiger partial charge is 0.299 e. The topological polar surface area (TPSA) is 76.2 Å². The second kappa shape index (κ2) is 7.98. The molecular formula is C23H19N3O3. The van der Waals surface area contributed by atoms with Gasteiger partial charge in [-0.15, -0.1) is 10.2 Å². The minimum atomic E-state index is -0.540. The van der Waals surface area contributed by atoms with E-state index in [-0.39, 0.29) is 11.6 Å². The van der Waals surface area contributed by atoms with Gasteiger partial charge in [-0.2, -0.15) is 0 Å². The molecule has 1 aromatic heterocycles. The number of ether oxygens (including phenoxy) is 1. The summed E-state index contributed by atoms with van der Waals surface area (Å²) in [5, 5.41) is 19.5. The zero-order chi connectivity index (χ0) is 20.2. The van der Waals surface area contributed by atoms with Crippen molar-refractivity contribution in [3.05, 3.63) is 90.0 Å². The molecule has 1 heterocycles. The number of para-hydroxylation sites is 2. The van der Waals surface area contributed by atoms with E-state index in [1.54, 1.807) is 28.8 Å². The molecule has 1 N–H and O–H groups in total. The largest absolute Gasteiger partial charge is 0.496 e. The van der Waals surface area contributed by atoms with Crippen LogP contribution in [0, 0.1) is 0 Å². The first-order valence-corrected chi connectivity index (χ1v) is 9.12. The number of nitrogens with zero attached hydrogens (tertiary/aromatic N) is 3. The molecule has 0 unspecified atom stereocenters. The molecule has 29 heavy (non-hydrogen) atoms. The van der Waals surface area contributed by atoms with Crippen LogP contribution in [0.3, 0.4) is 0 Å². The van der Waals surface area contributed by atoms with Crippen molar-refractivity contribution >= 4 is 22.5 Å². The summed E-state index contributed by atoms with van der Waals surface area (Å²) < 4.78 is 6.96. The first-order valence-electron chi connectivity index (χ1n) is 9.12. The Morgan fingerprint density at radius 2 is 1.66 bits per heavy atom. The molecule has 0 saturated carbocycles. The van der Waals surface area contributed by atoms with Crippen LogP contribution in [0.15, 0.2) is 89.1 Å². The molecule has 0 aliphatic carbocycles.